The van der Waals surface area contributed by atoms with Gasteiger partial charge in [0.2, 0.25) is 5.91 Å². The Morgan fingerprint density at radius 3 is 2.66 bits per heavy atom. The standard InChI is InChI=1S/C30H25FN6O/c1-2-3-7-29(38)34-21-12-19(15-32-16-21)26-14-24-28(17-33-26)36-37-30(24)27-13-23-22(5-4-6-25(23)35-27)18-8-10-20(31)11-9-18/h4-6,8-17,35H,2-3,7H2,1H3,(H,34,38)(H,36,37). The van der Waals surface area contributed by atoms with Gasteiger partial charge in [-0.1, -0.05) is 37.6 Å². The van der Waals surface area contributed by atoms with Crippen LogP contribution >= 0.6 is 0 Å². The number of aromatic amines is 2. The van der Waals surface area contributed by atoms with Crippen molar-refractivity contribution < 1.29 is 9.18 Å². The van der Waals surface area contributed by atoms with Crippen LogP contribution in [0.25, 0.3) is 55.6 Å². The van der Waals surface area contributed by atoms with E-state index in [1.165, 1.54) is 12.1 Å². The topological polar surface area (TPSA) is 99.4 Å². The number of hydrogen-bond donors (Lipinski definition) is 3. The van der Waals surface area contributed by atoms with E-state index in [0.717, 1.165) is 68.4 Å². The minimum atomic E-state index is -0.261. The van der Waals surface area contributed by atoms with E-state index in [0.29, 0.717) is 12.1 Å². The Kier molecular flexibility index (Phi) is 6.13. The number of anilines is 1. The van der Waals surface area contributed by atoms with Gasteiger partial charge in [-0.25, -0.2) is 4.39 Å². The Balaban J connectivity index is 1.37. The first-order valence-corrected chi connectivity index (χ1v) is 12.6. The van der Waals surface area contributed by atoms with E-state index < -0.39 is 0 Å². The Morgan fingerprint density at radius 2 is 1.82 bits per heavy atom. The molecule has 0 atom stereocenters. The summed E-state index contributed by atoms with van der Waals surface area (Å²) < 4.78 is 13.5. The first-order chi connectivity index (χ1) is 18.6. The quantitative estimate of drug-likeness (QED) is 0.216. The zero-order valence-electron chi connectivity index (χ0n) is 20.8. The molecule has 4 aromatic heterocycles. The van der Waals surface area contributed by atoms with Gasteiger partial charge in [0.05, 0.1) is 35.0 Å². The van der Waals surface area contributed by atoms with Crippen molar-refractivity contribution in [2.75, 3.05) is 5.32 Å². The van der Waals surface area contributed by atoms with Crippen LogP contribution in [0.1, 0.15) is 26.2 Å². The zero-order valence-corrected chi connectivity index (χ0v) is 20.8. The molecule has 2 aromatic carbocycles. The molecular formula is C30H25FN6O. The number of unbranched alkanes of at least 4 members (excludes halogenated alkanes) is 1. The molecule has 0 saturated heterocycles. The highest BCUT2D eigenvalue weighted by Gasteiger charge is 2.15. The van der Waals surface area contributed by atoms with Crippen LogP contribution in [-0.2, 0) is 4.79 Å². The second-order valence-electron chi connectivity index (χ2n) is 9.26. The lowest BCUT2D eigenvalue weighted by Crippen LogP contribution is -2.11. The molecular weight excluding hydrogens is 479 g/mol. The molecule has 0 aliphatic heterocycles. The van der Waals surface area contributed by atoms with E-state index in [1.54, 1.807) is 30.7 Å². The van der Waals surface area contributed by atoms with Crippen molar-refractivity contribution in [3.05, 3.63) is 85.1 Å². The lowest BCUT2D eigenvalue weighted by Gasteiger charge is -2.07. The first kappa shape index (κ1) is 23.5. The van der Waals surface area contributed by atoms with Crippen LogP contribution in [0.4, 0.5) is 10.1 Å². The predicted molar refractivity (Wildman–Crippen MR) is 148 cm³/mol. The molecule has 0 unspecified atom stereocenters. The summed E-state index contributed by atoms with van der Waals surface area (Å²) in [7, 11) is 0. The summed E-state index contributed by atoms with van der Waals surface area (Å²) in [5.41, 5.74) is 7.49. The second-order valence-corrected chi connectivity index (χ2v) is 9.26. The average molecular weight is 505 g/mol. The number of nitrogens with zero attached hydrogens (tertiary/aromatic N) is 3. The van der Waals surface area contributed by atoms with Crippen LogP contribution in [0.2, 0.25) is 0 Å². The number of aromatic nitrogens is 5. The fourth-order valence-corrected chi connectivity index (χ4v) is 4.65. The van der Waals surface area contributed by atoms with E-state index in [9.17, 15) is 9.18 Å². The minimum Gasteiger partial charge on any atom is -0.353 e. The summed E-state index contributed by atoms with van der Waals surface area (Å²) in [5.74, 6) is -0.284. The monoisotopic (exact) mass is 504 g/mol. The number of fused-ring (bicyclic) bond motifs is 2. The SMILES string of the molecule is CCCCC(=O)Nc1cncc(-c2cc3c(-c4cc5c(-c6ccc(F)cc6)cccc5[nH]4)n[nH]c3cn2)c1. The largest absolute Gasteiger partial charge is 0.353 e. The summed E-state index contributed by atoms with van der Waals surface area (Å²) in [4.78, 5) is 24.6. The number of benzene rings is 2. The zero-order chi connectivity index (χ0) is 26.1. The van der Waals surface area contributed by atoms with Gasteiger partial charge in [0.1, 0.15) is 11.5 Å². The number of H-pyrrole nitrogens is 2. The summed E-state index contributed by atoms with van der Waals surface area (Å²) in [6.45, 7) is 2.06. The maximum atomic E-state index is 13.5. The predicted octanol–water partition coefficient (Wildman–Crippen LogP) is 7.10. The maximum Gasteiger partial charge on any atom is 0.224 e. The molecule has 7 nitrogen and oxygen atoms in total. The van der Waals surface area contributed by atoms with E-state index in [4.69, 9.17) is 0 Å². The molecule has 0 aliphatic carbocycles. The molecule has 0 spiro atoms. The van der Waals surface area contributed by atoms with Crippen LogP contribution in [0, 0.1) is 5.82 Å². The van der Waals surface area contributed by atoms with Gasteiger partial charge >= 0.3 is 0 Å². The third-order valence-electron chi connectivity index (χ3n) is 6.60. The number of carbonyl (C=O) groups is 1. The molecule has 4 heterocycles. The normalized spacial score (nSPS) is 11.3. The van der Waals surface area contributed by atoms with Crippen LogP contribution in [0.3, 0.4) is 0 Å². The molecule has 0 radical (unpaired) electrons. The van der Waals surface area contributed by atoms with Crippen LogP contribution in [0.5, 0.6) is 0 Å². The van der Waals surface area contributed by atoms with Crippen molar-refractivity contribution in [2.24, 2.45) is 0 Å². The molecule has 6 rings (SSSR count). The minimum absolute atomic E-state index is 0.0230. The Labute approximate surface area is 218 Å². The Morgan fingerprint density at radius 1 is 0.947 bits per heavy atom. The molecule has 6 aromatic rings. The molecule has 0 saturated carbocycles. The Hall–Kier alpha value is -4.85. The molecule has 3 N–H and O–H groups in total. The lowest BCUT2D eigenvalue weighted by molar-refractivity contribution is -0.116. The van der Waals surface area contributed by atoms with Crippen LogP contribution < -0.4 is 5.32 Å². The van der Waals surface area contributed by atoms with E-state index >= 15 is 0 Å². The van der Waals surface area contributed by atoms with Gasteiger partial charge in [0.25, 0.3) is 0 Å². The summed E-state index contributed by atoms with van der Waals surface area (Å²) in [6, 6.07) is 18.4. The number of nitrogens with one attached hydrogen (secondary N) is 3. The molecule has 38 heavy (non-hydrogen) atoms. The van der Waals surface area contributed by atoms with Gasteiger partial charge in [0.15, 0.2) is 0 Å². The average Bonchev–Trinajstić information content (AvgIpc) is 3.56. The number of pyridine rings is 2. The van der Waals surface area contributed by atoms with Crippen LogP contribution in [0.15, 0.2) is 79.3 Å². The van der Waals surface area contributed by atoms with Crippen molar-refractivity contribution in [1.29, 1.82) is 0 Å². The molecule has 0 fully saturated rings. The third kappa shape index (κ3) is 4.52. The Bertz CT molecular complexity index is 1770. The van der Waals surface area contributed by atoms with Gasteiger partial charge in [-0.2, -0.15) is 5.10 Å². The summed E-state index contributed by atoms with van der Waals surface area (Å²) in [6.07, 6.45) is 7.41. The molecule has 8 heteroatoms. The van der Waals surface area contributed by atoms with Gasteiger partial charge < -0.3 is 10.3 Å². The van der Waals surface area contributed by atoms with Crippen molar-refractivity contribution in [3.8, 4) is 33.8 Å². The van der Waals surface area contributed by atoms with Crippen molar-refractivity contribution in [2.45, 2.75) is 26.2 Å². The highest BCUT2D eigenvalue weighted by molar-refractivity contribution is 6.01. The molecule has 0 aliphatic rings. The first-order valence-electron chi connectivity index (χ1n) is 12.6. The van der Waals surface area contributed by atoms with Gasteiger partial charge in [-0.15, -0.1) is 0 Å². The lowest BCUT2D eigenvalue weighted by atomic mass is 10.0. The van der Waals surface area contributed by atoms with Gasteiger partial charge in [0, 0.05) is 34.5 Å². The highest BCUT2D eigenvalue weighted by Crippen LogP contribution is 2.35. The van der Waals surface area contributed by atoms with Gasteiger partial charge in [-0.3, -0.25) is 19.9 Å². The van der Waals surface area contributed by atoms with Crippen molar-refractivity contribution in [3.63, 3.8) is 0 Å². The summed E-state index contributed by atoms with van der Waals surface area (Å²) >= 11 is 0. The van der Waals surface area contributed by atoms with E-state index in [2.05, 4.69) is 43.5 Å². The number of halogens is 1. The van der Waals surface area contributed by atoms with Crippen molar-refractivity contribution >= 4 is 33.4 Å². The van der Waals surface area contributed by atoms with Gasteiger partial charge in [-0.05, 0) is 53.9 Å². The number of amides is 1. The molecule has 188 valence electrons. The maximum absolute atomic E-state index is 13.5. The fraction of sp³-hybridized carbons (Fsp3) is 0.133. The second kappa shape index (κ2) is 9.89. The third-order valence-corrected chi connectivity index (χ3v) is 6.60. The number of carbonyl (C=O) groups excluding carboxylic acids is 1. The number of hydrogen-bond acceptors (Lipinski definition) is 4. The summed E-state index contributed by atoms with van der Waals surface area (Å²) in [5, 5.41) is 12.5. The smallest absolute Gasteiger partial charge is 0.224 e. The van der Waals surface area contributed by atoms with Crippen molar-refractivity contribution in [1.82, 2.24) is 25.1 Å². The highest BCUT2D eigenvalue weighted by atomic mass is 19.1. The molecule has 1 amide bonds. The number of rotatable bonds is 7. The molecule has 0 bridgehead atoms. The fourth-order valence-electron chi connectivity index (χ4n) is 4.65. The van der Waals surface area contributed by atoms with Crippen LogP contribution in [-0.4, -0.2) is 31.1 Å². The van der Waals surface area contributed by atoms with E-state index in [1.807, 2.05) is 30.3 Å². The van der Waals surface area contributed by atoms with E-state index in [-0.39, 0.29) is 11.7 Å².